The van der Waals surface area contributed by atoms with Crippen molar-refractivity contribution in [3.63, 3.8) is 0 Å². The molecular weight excluding hydrogens is 386 g/mol. The van der Waals surface area contributed by atoms with Gasteiger partial charge in [0.2, 0.25) is 11.8 Å². The monoisotopic (exact) mass is 425 g/mol. The summed E-state index contributed by atoms with van der Waals surface area (Å²) < 4.78 is 0. The summed E-state index contributed by atoms with van der Waals surface area (Å²) in [6.07, 6.45) is 10.5. The van der Waals surface area contributed by atoms with E-state index in [0.29, 0.717) is 12.5 Å². The third-order valence-electron chi connectivity index (χ3n) is 7.77. The minimum atomic E-state index is -0.650. The number of carbonyl (C=O) groups excluding carboxylic acids is 2. The molecule has 5 heteroatoms. The molecule has 0 aromatic heterocycles. The largest absolute Gasteiger partial charge is 0.342 e. The van der Waals surface area contributed by atoms with Crippen LogP contribution in [0.4, 0.5) is 0 Å². The lowest BCUT2D eigenvalue weighted by atomic mass is 9.79. The van der Waals surface area contributed by atoms with Crippen molar-refractivity contribution in [2.24, 2.45) is 5.92 Å². The number of nitrogens with one attached hydrogen (secondary N) is 1. The van der Waals surface area contributed by atoms with Crippen molar-refractivity contribution in [2.75, 3.05) is 19.6 Å². The highest BCUT2D eigenvalue weighted by Crippen LogP contribution is 2.36. The van der Waals surface area contributed by atoms with Crippen LogP contribution >= 0.6 is 0 Å². The average molecular weight is 426 g/mol. The number of piperazine rings is 1. The van der Waals surface area contributed by atoms with Crippen molar-refractivity contribution in [3.05, 3.63) is 35.9 Å². The molecule has 170 valence electrons. The van der Waals surface area contributed by atoms with Gasteiger partial charge in [0, 0.05) is 26.2 Å². The lowest BCUT2D eigenvalue weighted by Gasteiger charge is -2.52. The van der Waals surface area contributed by atoms with E-state index in [1.54, 1.807) is 0 Å². The van der Waals surface area contributed by atoms with Gasteiger partial charge in [-0.3, -0.25) is 14.5 Å². The minimum absolute atomic E-state index is 0.100. The number of likely N-dealkylation sites (tertiary alicyclic amines) is 1. The molecule has 2 heterocycles. The van der Waals surface area contributed by atoms with Gasteiger partial charge in [0.25, 0.3) is 0 Å². The molecule has 2 saturated heterocycles. The molecule has 0 bridgehead atoms. The van der Waals surface area contributed by atoms with E-state index in [9.17, 15) is 9.59 Å². The quantitative estimate of drug-likeness (QED) is 0.715. The zero-order valence-corrected chi connectivity index (χ0v) is 19.2. The topological polar surface area (TPSA) is 52.7 Å². The van der Waals surface area contributed by atoms with Crippen LogP contribution in [0.1, 0.15) is 76.7 Å². The Bertz CT molecular complexity index is 736. The Morgan fingerprint density at radius 3 is 2.42 bits per heavy atom. The van der Waals surface area contributed by atoms with E-state index in [1.165, 1.54) is 37.7 Å². The van der Waals surface area contributed by atoms with Crippen LogP contribution in [0.2, 0.25) is 0 Å². The van der Waals surface area contributed by atoms with E-state index in [4.69, 9.17) is 0 Å². The minimum Gasteiger partial charge on any atom is -0.342 e. The van der Waals surface area contributed by atoms with Gasteiger partial charge in [-0.05, 0) is 37.2 Å². The van der Waals surface area contributed by atoms with E-state index < -0.39 is 5.54 Å². The number of amides is 2. The molecule has 1 atom stereocenters. The fourth-order valence-electron chi connectivity index (χ4n) is 5.85. The number of piperidine rings is 1. The van der Waals surface area contributed by atoms with E-state index in [0.717, 1.165) is 51.7 Å². The van der Waals surface area contributed by atoms with Crippen molar-refractivity contribution in [1.29, 1.82) is 0 Å². The Hall–Kier alpha value is -1.88. The molecule has 4 rings (SSSR count). The van der Waals surface area contributed by atoms with Gasteiger partial charge in [-0.2, -0.15) is 0 Å². The van der Waals surface area contributed by atoms with Gasteiger partial charge in [0.1, 0.15) is 11.6 Å². The van der Waals surface area contributed by atoms with Gasteiger partial charge in [-0.15, -0.1) is 0 Å². The van der Waals surface area contributed by atoms with Crippen molar-refractivity contribution < 1.29 is 9.59 Å². The van der Waals surface area contributed by atoms with Crippen LogP contribution in [0, 0.1) is 5.92 Å². The highest BCUT2D eigenvalue weighted by Gasteiger charge is 2.53. The first-order valence-corrected chi connectivity index (χ1v) is 12.5. The van der Waals surface area contributed by atoms with Crippen LogP contribution < -0.4 is 5.32 Å². The first-order chi connectivity index (χ1) is 15.1. The number of benzene rings is 1. The fraction of sp³-hybridized carbons (Fsp3) is 0.692. The number of rotatable bonds is 7. The predicted octanol–water partition coefficient (Wildman–Crippen LogP) is 4.12. The van der Waals surface area contributed by atoms with Crippen molar-refractivity contribution in [2.45, 2.75) is 89.3 Å². The SMILES string of the molecule is CCCCN1C(=O)C(CC2CCCCC2)NC(=O)C12CCN(Cc1ccccc1)CC2. The maximum absolute atomic E-state index is 13.6. The van der Waals surface area contributed by atoms with E-state index in [2.05, 4.69) is 41.4 Å². The van der Waals surface area contributed by atoms with Gasteiger partial charge >= 0.3 is 0 Å². The molecule has 31 heavy (non-hydrogen) atoms. The molecule has 2 amide bonds. The normalized spacial score (nSPS) is 25.1. The molecule has 5 nitrogen and oxygen atoms in total. The smallest absolute Gasteiger partial charge is 0.246 e. The third kappa shape index (κ3) is 4.97. The molecule has 1 unspecified atom stereocenters. The molecule has 1 N–H and O–H groups in total. The Morgan fingerprint density at radius 2 is 1.74 bits per heavy atom. The lowest BCUT2D eigenvalue weighted by molar-refractivity contribution is -0.162. The molecule has 1 aliphatic carbocycles. The van der Waals surface area contributed by atoms with Crippen molar-refractivity contribution in [1.82, 2.24) is 15.1 Å². The molecule has 3 aliphatic rings. The van der Waals surface area contributed by atoms with Crippen LogP contribution in [0.25, 0.3) is 0 Å². The van der Waals surface area contributed by atoms with Gasteiger partial charge in [0.05, 0.1) is 0 Å². The van der Waals surface area contributed by atoms with Crippen LogP contribution in [0.5, 0.6) is 0 Å². The van der Waals surface area contributed by atoms with E-state index >= 15 is 0 Å². The predicted molar refractivity (Wildman–Crippen MR) is 123 cm³/mol. The lowest BCUT2D eigenvalue weighted by Crippen LogP contribution is -2.73. The summed E-state index contributed by atoms with van der Waals surface area (Å²) in [5.74, 6) is 0.858. The van der Waals surface area contributed by atoms with Crippen LogP contribution in [0.3, 0.4) is 0 Å². The van der Waals surface area contributed by atoms with Crippen LogP contribution in [-0.4, -0.2) is 52.8 Å². The molecule has 1 aromatic rings. The summed E-state index contributed by atoms with van der Waals surface area (Å²) in [5, 5.41) is 3.20. The van der Waals surface area contributed by atoms with Crippen molar-refractivity contribution >= 4 is 11.8 Å². The fourth-order valence-corrected chi connectivity index (χ4v) is 5.85. The summed E-state index contributed by atoms with van der Waals surface area (Å²) in [6.45, 7) is 5.48. The molecule has 2 aliphatic heterocycles. The maximum Gasteiger partial charge on any atom is 0.246 e. The first-order valence-electron chi connectivity index (χ1n) is 12.5. The summed E-state index contributed by atoms with van der Waals surface area (Å²) in [6, 6.07) is 10.2. The number of unbranched alkanes of at least 4 members (excludes halogenated alkanes) is 1. The first kappa shape index (κ1) is 22.3. The number of carbonyl (C=O) groups is 2. The van der Waals surface area contributed by atoms with Crippen molar-refractivity contribution in [3.8, 4) is 0 Å². The Morgan fingerprint density at radius 1 is 1.03 bits per heavy atom. The Labute approximate surface area is 187 Å². The zero-order valence-electron chi connectivity index (χ0n) is 19.2. The van der Waals surface area contributed by atoms with Crippen LogP contribution in [-0.2, 0) is 16.1 Å². The molecule has 1 spiro atoms. The van der Waals surface area contributed by atoms with Crippen LogP contribution in [0.15, 0.2) is 30.3 Å². The second-order valence-electron chi connectivity index (χ2n) is 9.90. The highest BCUT2D eigenvalue weighted by molar-refractivity contribution is 6.00. The average Bonchev–Trinajstić information content (AvgIpc) is 2.80. The molecule has 1 saturated carbocycles. The van der Waals surface area contributed by atoms with Gasteiger partial charge in [-0.25, -0.2) is 0 Å². The van der Waals surface area contributed by atoms with Gasteiger partial charge in [0.15, 0.2) is 0 Å². The Kier molecular flexibility index (Phi) is 7.31. The summed E-state index contributed by atoms with van der Waals surface area (Å²) in [7, 11) is 0. The van der Waals surface area contributed by atoms with Gasteiger partial charge in [-0.1, -0.05) is 75.8 Å². The Balaban J connectivity index is 1.44. The summed E-state index contributed by atoms with van der Waals surface area (Å²) in [4.78, 5) is 31.5. The second-order valence-corrected chi connectivity index (χ2v) is 9.90. The molecule has 0 radical (unpaired) electrons. The van der Waals surface area contributed by atoms with E-state index in [1.807, 2.05) is 11.0 Å². The summed E-state index contributed by atoms with van der Waals surface area (Å²) >= 11 is 0. The van der Waals surface area contributed by atoms with Gasteiger partial charge < -0.3 is 10.2 Å². The highest BCUT2D eigenvalue weighted by atomic mass is 16.2. The molecule has 1 aromatic carbocycles. The number of hydrogen-bond acceptors (Lipinski definition) is 3. The summed E-state index contributed by atoms with van der Waals surface area (Å²) in [5.41, 5.74) is 0.653. The second kappa shape index (κ2) is 10.2. The maximum atomic E-state index is 13.6. The number of hydrogen-bond donors (Lipinski definition) is 1. The third-order valence-corrected chi connectivity index (χ3v) is 7.77. The standard InChI is InChI=1S/C26H39N3O2/c1-2-3-16-29-24(30)23(19-21-10-6-4-7-11-21)27-25(31)26(29)14-17-28(18-15-26)20-22-12-8-5-9-13-22/h5,8-9,12-13,21,23H,2-4,6-7,10-11,14-20H2,1H3,(H,27,31). The molecule has 3 fully saturated rings. The number of nitrogens with zero attached hydrogens (tertiary/aromatic N) is 2. The van der Waals surface area contributed by atoms with E-state index in [-0.39, 0.29) is 17.9 Å². The zero-order chi connectivity index (χ0) is 21.7. The molecular formula is C26H39N3O2.